The number of nitrogens with two attached hydrogens (primary N) is 1. The molecule has 0 saturated carbocycles. The van der Waals surface area contributed by atoms with Gasteiger partial charge in [0.1, 0.15) is 12.4 Å². The molecule has 0 spiro atoms. The van der Waals surface area contributed by atoms with Gasteiger partial charge in [-0.05, 0) is 42.7 Å². The molecule has 0 atom stereocenters. The zero-order valence-electron chi connectivity index (χ0n) is 11.3. The van der Waals surface area contributed by atoms with Crippen molar-refractivity contribution < 1.29 is 4.74 Å². The van der Waals surface area contributed by atoms with Crippen LogP contribution in [0.15, 0.2) is 42.5 Å². The van der Waals surface area contributed by atoms with Crippen LogP contribution in [0.4, 0.5) is 0 Å². The van der Waals surface area contributed by atoms with Crippen LogP contribution in [-0.4, -0.2) is 13.2 Å². The fourth-order valence-corrected chi connectivity index (χ4v) is 1.96. The van der Waals surface area contributed by atoms with Crippen LogP contribution in [-0.2, 0) is 0 Å². The van der Waals surface area contributed by atoms with Crippen LogP contribution in [0.2, 0.25) is 0 Å². The maximum atomic E-state index is 5.52. The summed E-state index contributed by atoms with van der Waals surface area (Å²) >= 11 is 0. The molecular weight excluding hydrogens is 258 g/mol. The molecule has 0 bridgehead atoms. The molecule has 2 rings (SSSR count). The summed E-state index contributed by atoms with van der Waals surface area (Å²) in [6, 6.07) is 14.7. The molecule has 0 amide bonds. The largest absolute Gasteiger partial charge is 0.492 e. The Morgan fingerprint density at radius 3 is 2.26 bits per heavy atom. The van der Waals surface area contributed by atoms with E-state index in [2.05, 4.69) is 50.2 Å². The molecule has 0 saturated heterocycles. The molecule has 2 N–H and O–H groups in total. The van der Waals surface area contributed by atoms with Crippen molar-refractivity contribution >= 4 is 12.4 Å². The summed E-state index contributed by atoms with van der Waals surface area (Å²) in [4.78, 5) is 0. The zero-order chi connectivity index (χ0) is 13.0. The SMILES string of the molecule is Cc1ccc(-c2ccc(OCCN)cc2C)cc1.Cl. The predicted octanol–water partition coefficient (Wildman–Crippen LogP) is 3.73. The van der Waals surface area contributed by atoms with Crippen LogP contribution in [0.25, 0.3) is 11.1 Å². The fourth-order valence-electron chi connectivity index (χ4n) is 1.96. The molecule has 0 fully saturated rings. The van der Waals surface area contributed by atoms with Crippen LogP contribution in [0, 0.1) is 13.8 Å². The topological polar surface area (TPSA) is 35.2 Å². The number of halogens is 1. The number of ether oxygens (including phenoxy) is 1. The zero-order valence-corrected chi connectivity index (χ0v) is 12.2. The van der Waals surface area contributed by atoms with Crippen LogP contribution < -0.4 is 10.5 Å². The lowest BCUT2D eigenvalue weighted by atomic mass is 9.99. The van der Waals surface area contributed by atoms with Gasteiger partial charge in [0.05, 0.1) is 0 Å². The average molecular weight is 278 g/mol. The lowest BCUT2D eigenvalue weighted by Crippen LogP contribution is -2.10. The van der Waals surface area contributed by atoms with Crippen LogP contribution >= 0.6 is 12.4 Å². The van der Waals surface area contributed by atoms with Gasteiger partial charge in [0.2, 0.25) is 0 Å². The molecule has 0 radical (unpaired) electrons. The second-order valence-electron chi connectivity index (χ2n) is 4.48. The third kappa shape index (κ3) is 3.98. The Hall–Kier alpha value is -1.51. The minimum absolute atomic E-state index is 0. The number of hydrogen-bond acceptors (Lipinski definition) is 2. The Balaban J connectivity index is 0.00000180. The third-order valence-electron chi connectivity index (χ3n) is 2.95. The number of rotatable bonds is 4. The van der Waals surface area contributed by atoms with E-state index < -0.39 is 0 Å². The van der Waals surface area contributed by atoms with E-state index >= 15 is 0 Å². The van der Waals surface area contributed by atoms with Crippen LogP contribution in [0.5, 0.6) is 5.75 Å². The summed E-state index contributed by atoms with van der Waals surface area (Å²) < 4.78 is 5.52. The average Bonchev–Trinajstić information content (AvgIpc) is 2.38. The van der Waals surface area contributed by atoms with E-state index in [9.17, 15) is 0 Å². The van der Waals surface area contributed by atoms with Crippen LogP contribution in [0.1, 0.15) is 11.1 Å². The highest BCUT2D eigenvalue weighted by Crippen LogP contribution is 2.27. The van der Waals surface area contributed by atoms with Crippen molar-refractivity contribution in [3.05, 3.63) is 53.6 Å². The first-order valence-electron chi connectivity index (χ1n) is 6.21. The van der Waals surface area contributed by atoms with Gasteiger partial charge in [0.25, 0.3) is 0 Å². The molecule has 19 heavy (non-hydrogen) atoms. The minimum atomic E-state index is 0. The van der Waals surface area contributed by atoms with Crippen molar-refractivity contribution in [3.63, 3.8) is 0 Å². The van der Waals surface area contributed by atoms with Gasteiger partial charge in [-0.15, -0.1) is 12.4 Å². The van der Waals surface area contributed by atoms with Crippen LogP contribution in [0.3, 0.4) is 0 Å². The maximum absolute atomic E-state index is 5.52. The van der Waals surface area contributed by atoms with Gasteiger partial charge in [0.15, 0.2) is 0 Å². The van der Waals surface area contributed by atoms with E-state index in [1.54, 1.807) is 0 Å². The molecule has 2 aromatic carbocycles. The second-order valence-corrected chi connectivity index (χ2v) is 4.48. The molecule has 0 heterocycles. The molecule has 2 nitrogen and oxygen atoms in total. The van der Waals surface area contributed by atoms with E-state index in [0.717, 1.165) is 5.75 Å². The van der Waals surface area contributed by atoms with Crippen molar-refractivity contribution in [3.8, 4) is 16.9 Å². The molecule has 0 aliphatic carbocycles. The first-order valence-corrected chi connectivity index (χ1v) is 6.21. The Morgan fingerprint density at radius 1 is 1.00 bits per heavy atom. The molecule has 2 aromatic rings. The normalized spacial score (nSPS) is 9.84. The number of hydrogen-bond donors (Lipinski definition) is 1. The second kappa shape index (κ2) is 7.17. The molecule has 0 aromatic heterocycles. The Kier molecular flexibility index (Phi) is 5.87. The fraction of sp³-hybridized carbons (Fsp3) is 0.250. The van der Waals surface area contributed by atoms with E-state index in [1.165, 1.54) is 22.3 Å². The van der Waals surface area contributed by atoms with Gasteiger partial charge in [-0.1, -0.05) is 35.9 Å². The van der Waals surface area contributed by atoms with E-state index in [0.29, 0.717) is 13.2 Å². The number of aryl methyl sites for hydroxylation is 2. The van der Waals surface area contributed by atoms with Crippen molar-refractivity contribution in [1.29, 1.82) is 0 Å². The summed E-state index contributed by atoms with van der Waals surface area (Å²) in [5, 5.41) is 0. The monoisotopic (exact) mass is 277 g/mol. The molecular formula is C16H20ClNO. The smallest absolute Gasteiger partial charge is 0.119 e. The van der Waals surface area contributed by atoms with E-state index in [1.807, 2.05) is 6.07 Å². The first-order chi connectivity index (χ1) is 8.70. The molecule has 0 aliphatic rings. The molecule has 102 valence electrons. The summed E-state index contributed by atoms with van der Waals surface area (Å²) in [6.07, 6.45) is 0. The van der Waals surface area contributed by atoms with Crippen molar-refractivity contribution in [2.24, 2.45) is 5.73 Å². The number of benzene rings is 2. The summed E-state index contributed by atoms with van der Waals surface area (Å²) in [7, 11) is 0. The molecule has 0 aliphatic heterocycles. The Labute approximate surface area is 121 Å². The van der Waals surface area contributed by atoms with Crippen molar-refractivity contribution in [2.45, 2.75) is 13.8 Å². The van der Waals surface area contributed by atoms with E-state index in [-0.39, 0.29) is 12.4 Å². The summed E-state index contributed by atoms with van der Waals surface area (Å²) in [5.41, 5.74) is 10.4. The van der Waals surface area contributed by atoms with Gasteiger partial charge in [-0.25, -0.2) is 0 Å². The summed E-state index contributed by atoms with van der Waals surface area (Å²) in [6.45, 7) is 5.30. The standard InChI is InChI=1S/C16H19NO.ClH/c1-12-3-5-14(6-4-12)16-8-7-15(11-13(16)2)18-10-9-17;/h3-8,11H,9-10,17H2,1-2H3;1H. The predicted molar refractivity (Wildman–Crippen MR) is 83.1 cm³/mol. The third-order valence-corrected chi connectivity index (χ3v) is 2.95. The Bertz CT molecular complexity index is 523. The lowest BCUT2D eigenvalue weighted by molar-refractivity contribution is 0.328. The highest BCUT2D eigenvalue weighted by molar-refractivity contribution is 5.85. The maximum Gasteiger partial charge on any atom is 0.119 e. The van der Waals surface area contributed by atoms with Gasteiger partial charge in [-0.2, -0.15) is 0 Å². The summed E-state index contributed by atoms with van der Waals surface area (Å²) in [5.74, 6) is 0.883. The minimum Gasteiger partial charge on any atom is -0.492 e. The van der Waals surface area contributed by atoms with Gasteiger partial charge >= 0.3 is 0 Å². The van der Waals surface area contributed by atoms with Crippen molar-refractivity contribution in [2.75, 3.05) is 13.2 Å². The molecule has 0 unspecified atom stereocenters. The Morgan fingerprint density at radius 2 is 1.68 bits per heavy atom. The molecule has 3 heteroatoms. The van der Waals surface area contributed by atoms with Gasteiger partial charge < -0.3 is 10.5 Å². The van der Waals surface area contributed by atoms with E-state index in [4.69, 9.17) is 10.5 Å². The highest BCUT2D eigenvalue weighted by atomic mass is 35.5. The van der Waals surface area contributed by atoms with Gasteiger partial charge in [-0.3, -0.25) is 0 Å². The first kappa shape index (κ1) is 15.5. The highest BCUT2D eigenvalue weighted by Gasteiger charge is 2.03. The quantitative estimate of drug-likeness (QED) is 0.924. The van der Waals surface area contributed by atoms with Gasteiger partial charge in [0, 0.05) is 6.54 Å². The lowest BCUT2D eigenvalue weighted by Gasteiger charge is -2.10. The van der Waals surface area contributed by atoms with Crippen molar-refractivity contribution in [1.82, 2.24) is 0 Å².